The van der Waals surface area contributed by atoms with Gasteiger partial charge in [0.05, 0.1) is 24.8 Å². The molecule has 1 aliphatic carbocycles. The Morgan fingerprint density at radius 1 is 1.12 bits per heavy atom. The van der Waals surface area contributed by atoms with Crippen LogP contribution in [0.3, 0.4) is 0 Å². The fourth-order valence-electron chi connectivity index (χ4n) is 6.51. The third-order valence-electron chi connectivity index (χ3n) is 8.40. The third-order valence-corrected chi connectivity index (χ3v) is 8.40. The number of nitrogens with zero attached hydrogens (tertiary/aromatic N) is 5. The lowest BCUT2D eigenvalue weighted by Gasteiger charge is -2.33. The summed E-state index contributed by atoms with van der Waals surface area (Å²) in [6, 6.07) is 14.2. The predicted octanol–water partition coefficient (Wildman–Crippen LogP) is 5.03. The minimum atomic E-state index is -0.458. The topological polar surface area (TPSA) is 98.2 Å². The van der Waals surface area contributed by atoms with Crippen LogP contribution in [0.25, 0.3) is 10.9 Å². The van der Waals surface area contributed by atoms with Crippen LogP contribution in [0.4, 0.5) is 0 Å². The fraction of sp³-hybridized carbons (Fsp3) is 0.484. The molecule has 4 aromatic rings. The molecule has 2 atom stereocenters. The highest BCUT2D eigenvalue weighted by Crippen LogP contribution is 2.35. The zero-order valence-corrected chi connectivity index (χ0v) is 23.6. The number of ether oxygens (including phenoxy) is 2. The monoisotopic (exact) mass is 542 g/mol. The van der Waals surface area contributed by atoms with Crippen molar-refractivity contribution in [3.05, 3.63) is 80.9 Å². The SMILES string of the molecule is COc1cccc(CN(CC2CCCO2)C(c2cc3cc(C)cc(C)c3[nH]c2=O)c2nnnn2C2CCCC2)c1. The molecule has 40 heavy (non-hydrogen) atoms. The number of pyridine rings is 1. The number of aromatic amines is 1. The summed E-state index contributed by atoms with van der Waals surface area (Å²) in [5, 5.41) is 14.2. The van der Waals surface area contributed by atoms with Crippen molar-refractivity contribution >= 4 is 10.9 Å². The van der Waals surface area contributed by atoms with Gasteiger partial charge in [-0.15, -0.1) is 5.10 Å². The van der Waals surface area contributed by atoms with Crippen LogP contribution in [-0.2, 0) is 11.3 Å². The molecule has 0 bridgehead atoms. The third kappa shape index (κ3) is 5.40. The van der Waals surface area contributed by atoms with E-state index in [0.717, 1.165) is 78.5 Å². The van der Waals surface area contributed by atoms with E-state index in [-0.39, 0.29) is 17.7 Å². The number of benzene rings is 2. The van der Waals surface area contributed by atoms with Gasteiger partial charge in [-0.05, 0) is 90.7 Å². The summed E-state index contributed by atoms with van der Waals surface area (Å²) in [4.78, 5) is 19.4. The molecular weight excluding hydrogens is 504 g/mol. The van der Waals surface area contributed by atoms with E-state index in [2.05, 4.69) is 56.6 Å². The number of hydrogen-bond donors (Lipinski definition) is 1. The molecule has 2 aromatic carbocycles. The predicted molar refractivity (Wildman–Crippen MR) is 154 cm³/mol. The molecule has 210 valence electrons. The van der Waals surface area contributed by atoms with Gasteiger partial charge in [-0.1, -0.05) is 36.6 Å². The van der Waals surface area contributed by atoms with Crippen molar-refractivity contribution in [2.24, 2.45) is 0 Å². The van der Waals surface area contributed by atoms with Gasteiger partial charge in [0, 0.05) is 25.3 Å². The van der Waals surface area contributed by atoms with Gasteiger partial charge in [0.25, 0.3) is 5.56 Å². The highest BCUT2D eigenvalue weighted by Gasteiger charge is 2.35. The molecule has 9 heteroatoms. The highest BCUT2D eigenvalue weighted by atomic mass is 16.5. The maximum Gasteiger partial charge on any atom is 0.253 e. The summed E-state index contributed by atoms with van der Waals surface area (Å²) in [7, 11) is 1.68. The van der Waals surface area contributed by atoms with Gasteiger partial charge < -0.3 is 14.5 Å². The summed E-state index contributed by atoms with van der Waals surface area (Å²) >= 11 is 0. The van der Waals surface area contributed by atoms with Crippen LogP contribution >= 0.6 is 0 Å². The quantitative estimate of drug-likeness (QED) is 0.317. The van der Waals surface area contributed by atoms with Crippen LogP contribution in [0.2, 0.25) is 0 Å². The Labute approximate surface area is 234 Å². The lowest BCUT2D eigenvalue weighted by Crippen LogP contribution is -2.39. The standard InChI is InChI=1S/C31H38N6O3/c1-20-14-21(2)28-23(15-20)17-27(31(38)32-28)29(30-33-34-35-37(30)24-9-4-5-10-24)36(19-26-12-7-13-40-26)18-22-8-6-11-25(16-22)39-3/h6,8,11,14-17,24,26,29H,4-5,7,9-10,12-13,18-19H2,1-3H3,(H,32,38). The van der Waals surface area contributed by atoms with E-state index in [9.17, 15) is 4.79 Å². The van der Waals surface area contributed by atoms with E-state index in [4.69, 9.17) is 9.47 Å². The zero-order valence-electron chi connectivity index (χ0n) is 23.6. The van der Waals surface area contributed by atoms with Crippen LogP contribution in [0.5, 0.6) is 5.75 Å². The van der Waals surface area contributed by atoms with Gasteiger partial charge in [0.15, 0.2) is 5.82 Å². The van der Waals surface area contributed by atoms with Crippen molar-refractivity contribution in [1.29, 1.82) is 0 Å². The van der Waals surface area contributed by atoms with Gasteiger partial charge in [-0.2, -0.15) is 0 Å². The molecule has 0 spiro atoms. The first-order valence-corrected chi connectivity index (χ1v) is 14.4. The molecular formula is C31H38N6O3. The number of methoxy groups -OCH3 is 1. The van der Waals surface area contributed by atoms with E-state index in [1.54, 1.807) is 7.11 Å². The van der Waals surface area contributed by atoms with E-state index in [1.807, 2.05) is 29.8 Å². The molecule has 6 rings (SSSR count). The van der Waals surface area contributed by atoms with Crippen LogP contribution in [-0.4, -0.2) is 56.5 Å². The molecule has 0 radical (unpaired) electrons. The first kappa shape index (κ1) is 26.7. The molecule has 1 N–H and O–H groups in total. The fourth-order valence-corrected chi connectivity index (χ4v) is 6.51. The molecule has 1 aliphatic heterocycles. The largest absolute Gasteiger partial charge is 0.497 e. The van der Waals surface area contributed by atoms with Gasteiger partial charge in [-0.25, -0.2) is 4.68 Å². The first-order valence-electron chi connectivity index (χ1n) is 14.4. The zero-order chi connectivity index (χ0) is 27.6. The number of hydrogen-bond acceptors (Lipinski definition) is 7. The van der Waals surface area contributed by atoms with Gasteiger partial charge in [-0.3, -0.25) is 9.69 Å². The lowest BCUT2D eigenvalue weighted by atomic mass is 9.99. The maximum atomic E-state index is 13.9. The van der Waals surface area contributed by atoms with E-state index in [0.29, 0.717) is 24.5 Å². The van der Waals surface area contributed by atoms with Crippen LogP contribution in [0, 0.1) is 13.8 Å². The number of rotatable bonds is 9. The summed E-state index contributed by atoms with van der Waals surface area (Å²) in [6.45, 7) is 6.13. The Morgan fingerprint density at radius 2 is 1.98 bits per heavy atom. The second kappa shape index (κ2) is 11.5. The Bertz CT molecular complexity index is 1530. The van der Waals surface area contributed by atoms with Gasteiger partial charge in [0.2, 0.25) is 0 Å². The van der Waals surface area contributed by atoms with Crippen molar-refractivity contribution < 1.29 is 9.47 Å². The highest BCUT2D eigenvalue weighted by molar-refractivity contribution is 5.83. The van der Waals surface area contributed by atoms with Gasteiger partial charge >= 0.3 is 0 Å². The Kier molecular flexibility index (Phi) is 7.67. The van der Waals surface area contributed by atoms with E-state index in [1.165, 1.54) is 0 Å². The second-order valence-electron chi connectivity index (χ2n) is 11.3. The lowest BCUT2D eigenvalue weighted by molar-refractivity contribution is 0.0569. The molecule has 3 heterocycles. The molecule has 2 aromatic heterocycles. The second-order valence-corrected chi connectivity index (χ2v) is 11.3. The average Bonchev–Trinajstić information content (AvgIpc) is 3.73. The number of H-pyrrole nitrogens is 1. The van der Waals surface area contributed by atoms with Gasteiger partial charge in [0.1, 0.15) is 11.8 Å². The van der Waals surface area contributed by atoms with Crippen molar-refractivity contribution in [2.45, 2.75) is 77.1 Å². The number of nitrogens with one attached hydrogen (secondary N) is 1. The summed E-state index contributed by atoms with van der Waals surface area (Å²) in [6.07, 6.45) is 6.50. The number of fused-ring (bicyclic) bond motifs is 1. The first-order chi connectivity index (χ1) is 19.5. The Morgan fingerprint density at radius 3 is 2.75 bits per heavy atom. The molecule has 9 nitrogen and oxygen atoms in total. The Balaban J connectivity index is 1.52. The van der Waals surface area contributed by atoms with E-state index < -0.39 is 6.04 Å². The van der Waals surface area contributed by atoms with Crippen molar-refractivity contribution in [3.8, 4) is 5.75 Å². The van der Waals surface area contributed by atoms with Crippen molar-refractivity contribution in [2.75, 3.05) is 20.3 Å². The number of tetrazole rings is 1. The Hall–Kier alpha value is -3.56. The molecule has 2 unspecified atom stereocenters. The number of aryl methyl sites for hydroxylation is 2. The van der Waals surface area contributed by atoms with Crippen molar-refractivity contribution in [1.82, 2.24) is 30.1 Å². The maximum absolute atomic E-state index is 13.9. The summed E-state index contributed by atoms with van der Waals surface area (Å²) < 4.78 is 13.6. The molecule has 2 aliphatic rings. The van der Waals surface area contributed by atoms with Crippen LogP contribution in [0.15, 0.2) is 47.3 Å². The molecule has 2 fully saturated rings. The van der Waals surface area contributed by atoms with Crippen LogP contribution < -0.4 is 10.3 Å². The average molecular weight is 543 g/mol. The van der Waals surface area contributed by atoms with Crippen molar-refractivity contribution in [3.63, 3.8) is 0 Å². The smallest absolute Gasteiger partial charge is 0.253 e. The van der Waals surface area contributed by atoms with E-state index >= 15 is 0 Å². The summed E-state index contributed by atoms with van der Waals surface area (Å²) in [5.74, 6) is 1.51. The van der Waals surface area contributed by atoms with Crippen LogP contribution in [0.1, 0.15) is 78.7 Å². The number of aromatic nitrogens is 5. The molecule has 0 amide bonds. The normalized spacial score (nSPS) is 18.6. The molecule has 1 saturated carbocycles. The minimum Gasteiger partial charge on any atom is -0.497 e. The summed E-state index contributed by atoms with van der Waals surface area (Å²) in [5.41, 5.74) is 4.69. The minimum absolute atomic E-state index is 0.0768. The molecule has 1 saturated heterocycles.